The molecule has 0 aliphatic carbocycles. The van der Waals surface area contributed by atoms with Crippen LogP contribution < -0.4 is 10.7 Å². The van der Waals surface area contributed by atoms with Gasteiger partial charge in [-0.1, -0.05) is 0 Å². The van der Waals surface area contributed by atoms with Crippen molar-refractivity contribution in [3.8, 4) is 0 Å². The highest BCUT2D eigenvalue weighted by Gasteiger charge is 2.16. The summed E-state index contributed by atoms with van der Waals surface area (Å²) in [5.41, 5.74) is 1.43. The molecular formula is C15H18N2O3. The first-order valence-electron chi connectivity index (χ1n) is 6.38. The Labute approximate surface area is 117 Å². The Morgan fingerprint density at radius 1 is 1.25 bits per heavy atom. The first-order valence-corrected chi connectivity index (χ1v) is 6.38. The van der Waals surface area contributed by atoms with Crippen LogP contribution in [0.3, 0.4) is 0 Å². The van der Waals surface area contributed by atoms with E-state index in [1.165, 1.54) is 6.07 Å². The lowest BCUT2D eigenvalue weighted by molar-refractivity contribution is 0.0636. The Morgan fingerprint density at radius 2 is 1.95 bits per heavy atom. The van der Waals surface area contributed by atoms with Gasteiger partial charge in [-0.25, -0.2) is 4.79 Å². The minimum absolute atomic E-state index is 0.0795. The maximum absolute atomic E-state index is 11.9. The molecule has 2 N–H and O–H groups in total. The molecule has 0 aliphatic heterocycles. The number of carbonyl (C=O) groups is 1. The van der Waals surface area contributed by atoms with E-state index in [4.69, 9.17) is 4.74 Å². The van der Waals surface area contributed by atoms with Crippen LogP contribution in [0, 0.1) is 6.92 Å². The smallest absolute Gasteiger partial charge is 0.412 e. The third kappa shape index (κ3) is 3.38. The summed E-state index contributed by atoms with van der Waals surface area (Å²) in [7, 11) is 0. The van der Waals surface area contributed by atoms with Crippen LogP contribution in [0.15, 0.2) is 29.1 Å². The van der Waals surface area contributed by atoms with E-state index >= 15 is 0 Å². The number of H-pyrrole nitrogens is 1. The molecule has 0 fully saturated rings. The number of amides is 1. The highest BCUT2D eigenvalue weighted by Crippen LogP contribution is 2.16. The fourth-order valence-corrected chi connectivity index (χ4v) is 1.88. The minimum Gasteiger partial charge on any atom is -0.444 e. The number of anilines is 1. The number of aromatic amines is 1. The predicted molar refractivity (Wildman–Crippen MR) is 79.2 cm³/mol. The molecule has 0 radical (unpaired) electrons. The summed E-state index contributed by atoms with van der Waals surface area (Å²) < 4.78 is 5.17. The second-order valence-corrected chi connectivity index (χ2v) is 5.70. The molecule has 0 saturated heterocycles. The van der Waals surface area contributed by atoms with Gasteiger partial charge >= 0.3 is 6.09 Å². The Kier molecular flexibility index (Phi) is 3.53. The van der Waals surface area contributed by atoms with E-state index in [1.54, 1.807) is 39.0 Å². The van der Waals surface area contributed by atoms with Gasteiger partial charge in [0, 0.05) is 28.4 Å². The molecule has 2 aromatic rings. The van der Waals surface area contributed by atoms with Gasteiger partial charge in [0.1, 0.15) is 5.60 Å². The summed E-state index contributed by atoms with van der Waals surface area (Å²) in [4.78, 5) is 26.7. The zero-order valence-electron chi connectivity index (χ0n) is 12.0. The lowest BCUT2D eigenvalue weighted by atomic mass is 10.1. The van der Waals surface area contributed by atoms with Crippen LogP contribution in [0.4, 0.5) is 10.5 Å². The molecule has 0 bridgehead atoms. The van der Waals surface area contributed by atoms with E-state index in [-0.39, 0.29) is 5.43 Å². The van der Waals surface area contributed by atoms with Gasteiger partial charge in [0.25, 0.3) is 0 Å². The minimum atomic E-state index is -0.560. The number of rotatable bonds is 1. The highest BCUT2D eigenvalue weighted by atomic mass is 16.6. The van der Waals surface area contributed by atoms with Crippen LogP contribution in [0.5, 0.6) is 0 Å². The number of hydrogen-bond donors (Lipinski definition) is 2. The zero-order chi connectivity index (χ0) is 14.9. The summed E-state index contributed by atoms with van der Waals surface area (Å²) in [5.74, 6) is 0. The van der Waals surface area contributed by atoms with Crippen molar-refractivity contribution in [2.24, 2.45) is 0 Å². The average molecular weight is 274 g/mol. The second-order valence-electron chi connectivity index (χ2n) is 5.70. The number of ether oxygens (including phenoxy) is 1. The van der Waals surface area contributed by atoms with Crippen molar-refractivity contribution >= 4 is 22.7 Å². The standard InChI is InChI=1S/C15H18N2O3/c1-9-7-13(18)11-8-10(5-6-12(11)16-9)17-14(19)20-15(2,3)4/h5-8H,1-4H3,(H,16,18)(H,17,19). The predicted octanol–water partition coefficient (Wildman–Crippen LogP) is 3.18. The average Bonchev–Trinajstić information content (AvgIpc) is 2.27. The van der Waals surface area contributed by atoms with Crippen molar-refractivity contribution < 1.29 is 9.53 Å². The SMILES string of the molecule is Cc1cc(=O)c2cc(NC(=O)OC(C)(C)C)ccc2[nH]1. The lowest BCUT2D eigenvalue weighted by Gasteiger charge is -2.19. The van der Waals surface area contributed by atoms with Crippen LogP contribution in [0.2, 0.25) is 0 Å². The second kappa shape index (κ2) is 5.00. The molecule has 0 unspecified atom stereocenters. The molecular weight excluding hydrogens is 256 g/mol. The fraction of sp³-hybridized carbons (Fsp3) is 0.333. The molecule has 1 amide bonds. The van der Waals surface area contributed by atoms with E-state index in [0.717, 1.165) is 11.2 Å². The van der Waals surface area contributed by atoms with Gasteiger partial charge in [-0.05, 0) is 45.9 Å². The van der Waals surface area contributed by atoms with Crippen LogP contribution in [-0.4, -0.2) is 16.7 Å². The van der Waals surface area contributed by atoms with E-state index in [9.17, 15) is 9.59 Å². The van der Waals surface area contributed by atoms with Crippen LogP contribution in [0.1, 0.15) is 26.5 Å². The van der Waals surface area contributed by atoms with Gasteiger partial charge in [0.05, 0.1) is 0 Å². The number of pyridine rings is 1. The van der Waals surface area contributed by atoms with Gasteiger partial charge in [0.15, 0.2) is 5.43 Å². The Balaban J connectivity index is 2.29. The summed E-state index contributed by atoms with van der Waals surface area (Å²) in [6.07, 6.45) is -0.541. The van der Waals surface area contributed by atoms with Crippen LogP contribution in [0.25, 0.3) is 10.9 Å². The van der Waals surface area contributed by atoms with Crippen molar-refractivity contribution in [2.45, 2.75) is 33.3 Å². The largest absolute Gasteiger partial charge is 0.444 e. The van der Waals surface area contributed by atoms with Gasteiger partial charge in [0.2, 0.25) is 0 Å². The maximum atomic E-state index is 11.9. The molecule has 0 saturated carbocycles. The lowest BCUT2D eigenvalue weighted by Crippen LogP contribution is -2.27. The summed E-state index contributed by atoms with van der Waals surface area (Å²) >= 11 is 0. The molecule has 20 heavy (non-hydrogen) atoms. The third-order valence-corrected chi connectivity index (χ3v) is 2.61. The molecule has 0 spiro atoms. The van der Waals surface area contributed by atoms with Gasteiger partial charge < -0.3 is 9.72 Å². The molecule has 106 valence electrons. The van der Waals surface area contributed by atoms with Crippen molar-refractivity contribution in [1.82, 2.24) is 4.98 Å². The molecule has 0 atom stereocenters. The normalized spacial score (nSPS) is 11.4. The Morgan fingerprint density at radius 3 is 2.60 bits per heavy atom. The molecule has 0 aliphatic rings. The zero-order valence-corrected chi connectivity index (χ0v) is 12.0. The number of aryl methyl sites for hydroxylation is 1. The number of aromatic nitrogens is 1. The molecule has 1 aromatic carbocycles. The number of hydrogen-bond acceptors (Lipinski definition) is 3. The van der Waals surface area contributed by atoms with Crippen LogP contribution >= 0.6 is 0 Å². The topological polar surface area (TPSA) is 71.2 Å². The van der Waals surface area contributed by atoms with Gasteiger partial charge in [-0.2, -0.15) is 0 Å². The number of carbonyl (C=O) groups excluding carboxylic acids is 1. The number of benzene rings is 1. The first kappa shape index (κ1) is 14.1. The molecule has 2 rings (SSSR count). The van der Waals surface area contributed by atoms with Crippen molar-refractivity contribution in [2.75, 3.05) is 5.32 Å². The highest BCUT2D eigenvalue weighted by molar-refractivity contribution is 5.89. The van der Waals surface area contributed by atoms with E-state index in [0.29, 0.717) is 11.1 Å². The van der Waals surface area contributed by atoms with Crippen molar-refractivity contribution in [3.63, 3.8) is 0 Å². The summed E-state index contributed by atoms with van der Waals surface area (Å²) in [6, 6.07) is 6.65. The third-order valence-electron chi connectivity index (χ3n) is 2.61. The maximum Gasteiger partial charge on any atom is 0.412 e. The van der Waals surface area contributed by atoms with E-state index in [2.05, 4.69) is 10.3 Å². The molecule has 5 nitrogen and oxygen atoms in total. The molecule has 1 aromatic heterocycles. The number of fused-ring (bicyclic) bond motifs is 1. The van der Waals surface area contributed by atoms with Gasteiger partial charge in [-0.15, -0.1) is 0 Å². The summed E-state index contributed by atoms with van der Waals surface area (Å²) in [5, 5.41) is 3.15. The van der Waals surface area contributed by atoms with E-state index < -0.39 is 11.7 Å². The quantitative estimate of drug-likeness (QED) is 0.839. The van der Waals surface area contributed by atoms with E-state index in [1.807, 2.05) is 6.92 Å². The first-order chi connectivity index (χ1) is 9.24. The monoisotopic (exact) mass is 274 g/mol. The Hall–Kier alpha value is -2.30. The van der Waals surface area contributed by atoms with Crippen LogP contribution in [-0.2, 0) is 4.74 Å². The molecule has 1 heterocycles. The number of nitrogens with one attached hydrogen (secondary N) is 2. The molecule has 5 heteroatoms. The van der Waals surface area contributed by atoms with Gasteiger partial charge in [-0.3, -0.25) is 10.1 Å². The fourth-order valence-electron chi connectivity index (χ4n) is 1.88. The summed E-state index contributed by atoms with van der Waals surface area (Å²) in [6.45, 7) is 7.20. The van der Waals surface area contributed by atoms with Crippen molar-refractivity contribution in [1.29, 1.82) is 0 Å². The Bertz CT molecular complexity index is 711. The van der Waals surface area contributed by atoms with Crippen molar-refractivity contribution in [3.05, 3.63) is 40.2 Å².